The normalized spacial score (nSPS) is 26.6. The summed E-state index contributed by atoms with van der Waals surface area (Å²) in [5.74, 6) is -3.16. The van der Waals surface area contributed by atoms with Crippen LogP contribution in [-0.2, 0) is 157 Å². The van der Waals surface area contributed by atoms with Crippen molar-refractivity contribution in [2.45, 2.75) is 221 Å². The number of amides is 3. The van der Waals surface area contributed by atoms with E-state index in [0.717, 1.165) is 72.3 Å². The van der Waals surface area contributed by atoms with Crippen molar-refractivity contribution in [1.29, 1.82) is 0 Å². The highest BCUT2D eigenvalue weighted by atomic mass is 16.8. The van der Waals surface area contributed by atoms with Gasteiger partial charge in [0.05, 0.1) is 85.4 Å². The third kappa shape index (κ3) is 25.7. The van der Waals surface area contributed by atoms with Gasteiger partial charge >= 0.3 is 12.1 Å². The van der Waals surface area contributed by atoms with Crippen molar-refractivity contribution in [1.82, 2.24) is 16.0 Å². The van der Waals surface area contributed by atoms with Gasteiger partial charge in [0.15, 0.2) is 37.5 Å². The zero-order chi connectivity index (χ0) is 94.9. The molecular formula is C110H117N3O25. The van der Waals surface area contributed by atoms with E-state index < -0.39 is 178 Å². The zero-order valence-electron chi connectivity index (χ0n) is 76.9. The maximum absolute atomic E-state index is 14.5. The van der Waals surface area contributed by atoms with E-state index in [4.69, 9.17) is 90.0 Å². The Labute approximate surface area is 802 Å². The van der Waals surface area contributed by atoms with Crippen molar-refractivity contribution in [2.24, 2.45) is 0 Å². The molecule has 0 spiro atoms. The molecule has 5 heterocycles. The van der Waals surface area contributed by atoms with Gasteiger partial charge in [-0.1, -0.05) is 322 Å². The molecule has 6 aliphatic rings. The summed E-state index contributed by atoms with van der Waals surface area (Å²) in [6.07, 6.45) is -27.1. The number of hydrogen-bond donors (Lipinski definition) is 5. The summed E-state index contributed by atoms with van der Waals surface area (Å²) < 4.78 is 134. The molecule has 722 valence electrons. The molecule has 5 N–H and O–H groups in total. The molecule has 28 heteroatoms. The Morgan fingerprint density at radius 3 is 1.20 bits per heavy atom. The van der Waals surface area contributed by atoms with Gasteiger partial charge in [0.25, 0.3) is 0 Å². The lowest BCUT2D eigenvalue weighted by Crippen LogP contribution is -2.70. The van der Waals surface area contributed by atoms with Gasteiger partial charge in [0.1, 0.15) is 104 Å². The topological polar surface area (TPSA) is 320 Å². The lowest BCUT2D eigenvalue weighted by molar-refractivity contribution is -0.392. The molecule has 0 aromatic heterocycles. The SMILES string of the molecule is CC(=O)N[C@H]1[C@H](OC[C@H]2O[C@H](O[C@H](C)[C@H](NC(=O)OCC3c4ccccc4-c4ccccc43)C(=O)O)[C@H](NC(C)=O)[C@@H](O[C@@H]3O[C@H](COCc4ccccc4)[C@H](OCc4ccccc4)[C@H](OCc4ccccc4)[C@H]3OCc3ccccc3)[C@H]2O)O[C@H](COCc2ccccc2)[C@@H](O[C@@H]2O[C@@H]3CO[C@H](c4ccccc4)O[C@@H]3[C@H](OCc3ccccc3)[C@H]2OCc2ccccc2)[C@@H]1OCc1ccccc1. The summed E-state index contributed by atoms with van der Waals surface area (Å²) in [7, 11) is 0. The number of rotatable bonds is 43. The standard InChI is InChI=1S/C110H117N3O25/c1-70(91(104(117)118)113-110(119)130-65-86-84-55-33-31-53-82(84)83-54-32-34-56-85(83)86)131-107-92(111-71(2)114)98(138-109-102(126-63-79-47-25-10-26-48-79)100(124-61-77-43-21-8-22-44-77)95(122-59-75-39-17-6-18-40-75)88(134-109)66-120-57-73-35-13-4-14-36-73)94(116)87(132-107)68-129-106-93(112-72(3)115)99(123-60-76-41-19-7-20-42-76)96(89(133-106)67-121-58-74-37-15-5-16-38-74)137-108-103(127-64-80-49-27-11-28-50-80)101(125-62-78-45-23-9-24-46-78)97-90(135-108)69-128-105(136-97)81-51-29-12-30-52-81/h4-56,70,86-103,105-109,116H,57-69H2,1-3H3,(H,111,114)(H,112,115)(H,113,119)(H,117,118)/t70-,87-,88-,89-,90-,91+,92-,93-,94+,95+,96-,97+,98-,99-,100+,101+,102-,103-,105+,106-,107+,108+,109+/m1/s1. The molecule has 5 fully saturated rings. The molecule has 5 saturated heterocycles. The van der Waals surface area contributed by atoms with Crippen LogP contribution in [0.5, 0.6) is 0 Å². The summed E-state index contributed by atoms with van der Waals surface area (Å²) in [6.45, 7) is 3.20. The van der Waals surface area contributed by atoms with Crippen molar-refractivity contribution < 1.29 is 119 Å². The minimum absolute atomic E-state index is 0.0226. The van der Waals surface area contributed by atoms with Gasteiger partial charge in [0.2, 0.25) is 11.8 Å². The Morgan fingerprint density at radius 2 is 0.732 bits per heavy atom. The van der Waals surface area contributed by atoms with Crippen molar-refractivity contribution in [3.63, 3.8) is 0 Å². The van der Waals surface area contributed by atoms with E-state index in [1.54, 1.807) is 0 Å². The van der Waals surface area contributed by atoms with Gasteiger partial charge in [-0.05, 0) is 73.7 Å². The van der Waals surface area contributed by atoms with Gasteiger partial charge in [0, 0.05) is 25.3 Å². The first-order chi connectivity index (χ1) is 67.6. The number of alkyl carbamates (subject to hydrolysis) is 1. The molecule has 0 unspecified atom stereocenters. The number of ether oxygens (including phenoxy) is 19. The number of carbonyl (C=O) groups excluding carboxylic acids is 3. The predicted octanol–water partition coefficient (Wildman–Crippen LogP) is 14.5. The first kappa shape index (κ1) is 98.0. The highest BCUT2D eigenvalue weighted by Gasteiger charge is 2.59. The quantitative estimate of drug-likeness (QED) is 0.0237. The first-order valence-corrected chi connectivity index (χ1v) is 46.9. The highest BCUT2D eigenvalue weighted by Crippen LogP contribution is 2.46. The average molecular weight is 1880 g/mol. The van der Waals surface area contributed by atoms with Crippen LogP contribution in [-0.4, -0.2) is 202 Å². The number of carboxylic acids is 1. The number of benzene rings is 11. The minimum Gasteiger partial charge on any atom is -0.480 e. The maximum Gasteiger partial charge on any atom is 0.407 e. The van der Waals surface area contributed by atoms with Crippen LogP contribution < -0.4 is 16.0 Å². The largest absolute Gasteiger partial charge is 0.480 e. The number of hydrogen-bond acceptors (Lipinski definition) is 24. The molecule has 1 aliphatic carbocycles. The van der Waals surface area contributed by atoms with Gasteiger partial charge in [-0.2, -0.15) is 0 Å². The maximum atomic E-state index is 14.5. The Balaban J connectivity index is 0.741. The number of aliphatic hydroxyl groups is 1. The molecule has 0 bridgehead atoms. The molecule has 28 nitrogen and oxygen atoms in total. The molecular weight excluding hydrogens is 1760 g/mol. The zero-order valence-corrected chi connectivity index (χ0v) is 76.9. The highest BCUT2D eigenvalue weighted by molar-refractivity contribution is 5.81. The van der Waals surface area contributed by atoms with Crippen LogP contribution in [0.2, 0.25) is 0 Å². The molecule has 11 aromatic rings. The lowest BCUT2D eigenvalue weighted by Gasteiger charge is -2.52. The summed E-state index contributed by atoms with van der Waals surface area (Å²) in [6, 6.07) is 96.9. The van der Waals surface area contributed by atoms with Crippen molar-refractivity contribution >= 4 is 23.9 Å². The molecule has 0 saturated carbocycles. The lowest BCUT2D eigenvalue weighted by atomic mass is 9.94. The Bertz CT molecular complexity index is 5550. The van der Waals surface area contributed by atoms with E-state index in [9.17, 15) is 29.4 Å². The van der Waals surface area contributed by atoms with Crippen LogP contribution in [0.1, 0.15) is 94.2 Å². The number of aliphatic hydroxyl groups excluding tert-OH is 1. The predicted molar refractivity (Wildman–Crippen MR) is 504 cm³/mol. The molecule has 138 heavy (non-hydrogen) atoms. The van der Waals surface area contributed by atoms with E-state index in [2.05, 4.69) is 16.0 Å². The van der Waals surface area contributed by atoms with Crippen molar-refractivity contribution in [3.8, 4) is 11.1 Å². The second kappa shape index (κ2) is 48.8. The third-order valence-corrected chi connectivity index (χ3v) is 25.2. The molecule has 3 amide bonds. The number of carbonyl (C=O) groups is 4. The fourth-order valence-electron chi connectivity index (χ4n) is 18.4. The number of aliphatic carboxylic acids is 1. The van der Waals surface area contributed by atoms with Gasteiger partial charge in [-0.15, -0.1) is 0 Å². The number of fused-ring (bicyclic) bond motifs is 4. The first-order valence-electron chi connectivity index (χ1n) is 46.9. The summed E-state index contributed by atoms with van der Waals surface area (Å²) in [5, 5.41) is 33.8. The fourth-order valence-corrected chi connectivity index (χ4v) is 18.4. The monoisotopic (exact) mass is 1880 g/mol. The van der Waals surface area contributed by atoms with Crippen molar-refractivity contribution in [3.05, 3.63) is 383 Å². The Kier molecular flexibility index (Phi) is 34.6. The van der Waals surface area contributed by atoms with E-state index in [1.807, 2.05) is 322 Å². The van der Waals surface area contributed by atoms with Gasteiger partial charge in [-0.25, -0.2) is 9.59 Å². The molecule has 17 rings (SSSR count). The summed E-state index contributed by atoms with van der Waals surface area (Å²) in [5.41, 5.74) is 11.1. The third-order valence-electron chi connectivity index (χ3n) is 25.2. The van der Waals surface area contributed by atoms with Crippen LogP contribution >= 0.6 is 0 Å². The Morgan fingerprint density at radius 1 is 0.362 bits per heavy atom. The summed E-state index contributed by atoms with van der Waals surface area (Å²) >= 11 is 0. The summed E-state index contributed by atoms with van der Waals surface area (Å²) in [4.78, 5) is 57.1. The van der Waals surface area contributed by atoms with Crippen LogP contribution in [0.25, 0.3) is 11.1 Å². The van der Waals surface area contributed by atoms with E-state index in [1.165, 1.54) is 20.8 Å². The van der Waals surface area contributed by atoms with Gasteiger partial charge < -0.3 is 116 Å². The second-order valence-electron chi connectivity index (χ2n) is 35.0. The molecule has 5 aliphatic heterocycles. The number of carboxylic acid groups (broad SMARTS) is 1. The second-order valence-corrected chi connectivity index (χ2v) is 35.0. The van der Waals surface area contributed by atoms with Crippen LogP contribution in [0, 0.1) is 0 Å². The van der Waals surface area contributed by atoms with Crippen molar-refractivity contribution in [2.75, 3.05) is 33.0 Å². The van der Waals surface area contributed by atoms with Gasteiger partial charge in [-0.3, -0.25) is 9.59 Å². The molecule has 23 atom stereocenters. The van der Waals surface area contributed by atoms with Crippen LogP contribution in [0.15, 0.2) is 322 Å². The smallest absolute Gasteiger partial charge is 0.407 e. The molecule has 0 radical (unpaired) electrons. The van der Waals surface area contributed by atoms with Crippen LogP contribution in [0.3, 0.4) is 0 Å². The minimum atomic E-state index is -1.92. The van der Waals surface area contributed by atoms with E-state index >= 15 is 0 Å². The van der Waals surface area contributed by atoms with E-state index in [0.29, 0.717) is 0 Å². The van der Waals surface area contributed by atoms with Crippen LogP contribution in [0.4, 0.5) is 4.79 Å². The van der Waals surface area contributed by atoms with E-state index in [-0.39, 0.29) is 79.3 Å². The average Bonchev–Trinajstić information content (AvgIpc) is 0.798. The Hall–Kier alpha value is -11.7. The molecule has 11 aromatic carbocycles. The number of nitrogens with one attached hydrogen (secondary N) is 3. The fraction of sp³-hybridized carbons (Fsp3) is 0.364.